The van der Waals surface area contributed by atoms with Gasteiger partial charge in [0.15, 0.2) is 0 Å². The van der Waals surface area contributed by atoms with Gasteiger partial charge in [-0.15, -0.1) is 0 Å². The van der Waals surface area contributed by atoms with E-state index in [2.05, 4.69) is 0 Å². The van der Waals surface area contributed by atoms with E-state index in [1.165, 1.54) is 19.9 Å². The molecule has 0 atom stereocenters. The van der Waals surface area contributed by atoms with Crippen molar-refractivity contribution in [2.24, 2.45) is 0 Å². The Morgan fingerprint density at radius 3 is 1.74 bits per heavy atom. The Bertz CT molecular complexity index is 702. The van der Waals surface area contributed by atoms with E-state index < -0.39 is 59.5 Å². The molecule has 2 aromatic rings. The fourth-order valence-electron chi connectivity index (χ4n) is 1.80. The zero-order valence-electron chi connectivity index (χ0n) is 11.9. The Hall–Kier alpha value is -0.740. The molecule has 23 heavy (non-hydrogen) atoms. The topological polar surface area (TPSA) is 20.2 Å². The fraction of sp³-hybridized carbons (Fsp3) is 0.200. The maximum absolute atomic E-state index is 13.8. The second kappa shape index (κ2) is 7.43. The minimum Gasteiger partial charge on any atom is -1.00 e. The van der Waals surface area contributed by atoms with Crippen molar-refractivity contribution in [2.45, 2.75) is 19.4 Å². The number of halogens is 7. The SMILES string of the molecule is CC(C)(O)c1ccccc1[I+]c1c(F)c(F)c(F)c(F)c1F.[Br-]. The molecule has 2 rings (SSSR count). The fourth-order valence-corrected chi connectivity index (χ4v) is 4.85. The minimum absolute atomic E-state index is 0. The summed E-state index contributed by atoms with van der Waals surface area (Å²) in [6.07, 6.45) is 0. The number of hydrogen-bond donors (Lipinski definition) is 1. The van der Waals surface area contributed by atoms with Crippen molar-refractivity contribution in [1.82, 2.24) is 0 Å². The lowest BCUT2D eigenvalue weighted by atomic mass is 9.99. The molecule has 0 aliphatic heterocycles. The third-order valence-electron chi connectivity index (χ3n) is 2.89. The zero-order chi connectivity index (χ0) is 16.7. The number of rotatable bonds is 3. The predicted molar refractivity (Wildman–Crippen MR) is 65.3 cm³/mol. The van der Waals surface area contributed by atoms with Crippen molar-refractivity contribution < 1.29 is 65.2 Å². The first-order valence-electron chi connectivity index (χ1n) is 6.12. The van der Waals surface area contributed by atoms with Crippen molar-refractivity contribution in [3.8, 4) is 0 Å². The van der Waals surface area contributed by atoms with Crippen molar-refractivity contribution in [3.05, 3.63) is 66.1 Å². The standard InChI is InChI=1S/C15H11F5IO.BrH/c1-15(2,22)7-5-3-4-6-8(7)21-14-12(19)10(17)9(16)11(18)13(14)20;/h3-6,22H,1-2H3;1H/q+1;/p-1. The van der Waals surface area contributed by atoms with Gasteiger partial charge >= 0.3 is 21.2 Å². The lowest BCUT2D eigenvalue weighted by Crippen LogP contribution is -3.62. The van der Waals surface area contributed by atoms with Crippen LogP contribution in [-0.4, -0.2) is 5.11 Å². The Morgan fingerprint density at radius 2 is 1.26 bits per heavy atom. The molecule has 2 aromatic carbocycles. The highest BCUT2D eigenvalue weighted by Crippen LogP contribution is 2.20. The van der Waals surface area contributed by atoms with Gasteiger partial charge in [-0.1, -0.05) is 18.2 Å². The predicted octanol–water partition coefficient (Wildman–Crippen LogP) is -2.26. The molecule has 0 fully saturated rings. The summed E-state index contributed by atoms with van der Waals surface area (Å²) in [6.45, 7) is 2.96. The van der Waals surface area contributed by atoms with Crippen molar-refractivity contribution in [1.29, 1.82) is 0 Å². The van der Waals surface area contributed by atoms with Crippen LogP contribution in [0.2, 0.25) is 0 Å². The highest BCUT2D eigenvalue weighted by atomic mass is 127. The van der Waals surface area contributed by atoms with Gasteiger partial charge in [-0.2, -0.15) is 8.78 Å². The van der Waals surface area contributed by atoms with Gasteiger partial charge in [-0.3, -0.25) is 0 Å². The summed E-state index contributed by atoms with van der Waals surface area (Å²) in [5, 5.41) is 10.1. The van der Waals surface area contributed by atoms with Crippen molar-refractivity contribution >= 4 is 0 Å². The Balaban J connectivity index is 0.00000264. The highest BCUT2D eigenvalue weighted by molar-refractivity contribution is 5.20. The van der Waals surface area contributed by atoms with Gasteiger partial charge in [0.25, 0.3) is 3.57 Å². The quantitative estimate of drug-likeness (QED) is 0.215. The molecule has 0 aliphatic carbocycles. The normalized spacial score (nSPS) is 11.3. The van der Waals surface area contributed by atoms with E-state index in [9.17, 15) is 27.1 Å². The van der Waals surface area contributed by atoms with Gasteiger partial charge in [-0.25, -0.2) is 13.2 Å². The van der Waals surface area contributed by atoms with Gasteiger partial charge in [0.2, 0.25) is 32.7 Å². The maximum Gasteiger partial charge on any atom is 0.365 e. The summed E-state index contributed by atoms with van der Waals surface area (Å²) >= 11 is -1.71. The molecular formula is C15H11BrF5IO. The highest BCUT2D eigenvalue weighted by Gasteiger charge is 2.37. The second-order valence-corrected chi connectivity index (χ2v) is 7.80. The second-order valence-electron chi connectivity index (χ2n) is 5.02. The molecule has 0 amide bonds. The van der Waals surface area contributed by atoms with Crippen LogP contribution in [0, 0.1) is 36.2 Å². The first-order chi connectivity index (χ1) is 10.1. The number of aliphatic hydroxyl groups is 1. The van der Waals surface area contributed by atoms with Crippen LogP contribution in [0.3, 0.4) is 0 Å². The summed E-state index contributed by atoms with van der Waals surface area (Å²) in [5.74, 6) is -9.69. The first-order valence-corrected chi connectivity index (χ1v) is 8.28. The monoisotopic (exact) mass is 508 g/mol. The van der Waals surface area contributed by atoms with Crippen LogP contribution in [0.25, 0.3) is 0 Å². The van der Waals surface area contributed by atoms with E-state index in [0.29, 0.717) is 9.13 Å². The number of hydrogen-bond acceptors (Lipinski definition) is 1. The summed E-state index contributed by atoms with van der Waals surface area (Å²) in [4.78, 5) is 0. The van der Waals surface area contributed by atoms with E-state index >= 15 is 0 Å². The summed E-state index contributed by atoms with van der Waals surface area (Å²) in [5.41, 5.74) is -0.896. The van der Waals surface area contributed by atoms with E-state index in [4.69, 9.17) is 0 Å². The van der Waals surface area contributed by atoms with Crippen LogP contribution in [0.5, 0.6) is 0 Å². The Kier molecular flexibility index (Phi) is 6.56. The average molecular weight is 509 g/mol. The third kappa shape index (κ3) is 4.03. The summed E-state index contributed by atoms with van der Waals surface area (Å²) in [7, 11) is 0. The molecule has 8 heteroatoms. The molecule has 1 N–H and O–H groups in total. The third-order valence-corrected chi connectivity index (χ3v) is 5.89. The van der Waals surface area contributed by atoms with Gasteiger partial charge in [0, 0.05) is 5.56 Å². The van der Waals surface area contributed by atoms with Crippen LogP contribution in [-0.2, 0) is 5.60 Å². The molecule has 1 nitrogen and oxygen atoms in total. The molecule has 126 valence electrons. The van der Waals surface area contributed by atoms with Gasteiger partial charge in [0.1, 0.15) is 0 Å². The molecule has 0 unspecified atom stereocenters. The van der Waals surface area contributed by atoms with Crippen LogP contribution < -0.4 is 38.2 Å². The van der Waals surface area contributed by atoms with Gasteiger partial charge in [-0.05, 0) is 19.9 Å². The van der Waals surface area contributed by atoms with Gasteiger partial charge in [0.05, 0.1) is 5.60 Å². The summed E-state index contributed by atoms with van der Waals surface area (Å²) < 4.78 is 66.6. The maximum atomic E-state index is 13.8. The molecule has 0 saturated carbocycles. The smallest absolute Gasteiger partial charge is 0.365 e. The van der Waals surface area contributed by atoms with E-state index in [0.717, 1.165) is 0 Å². The first kappa shape index (κ1) is 20.3. The zero-order valence-corrected chi connectivity index (χ0v) is 15.6. The van der Waals surface area contributed by atoms with Crippen LogP contribution in [0.15, 0.2) is 24.3 Å². The van der Waals surface area contributed by atoms with Crippen LogP contribution in [0.4, 0.5) is 22.0 Å². The van der Waals surface area contributed by atoms with Crippen molar-refractivity contribution in [3.63, 3.8) is 0 Å². The molecular weight excluding hydrogens is 498 g/mol. The lowest BCUT2D eigenvalue weighted by Gasteiger charge is -2.17. The minimum atomic E-state index is -2.17. The van der Waals surface area contributed by atoms with E-state index in [1.54, 1.807) is 18.2 Å². The molecule has 0 radical (unpaired) electrons. The summed E-state index contributed by atoms with van der Waals surface area (Å²) in [6, 6.07) is 6.27. The van der Waals surface area contributed by atoms with Crippen LogP contribution >= 0.6 is 0 Å². The molecule has 0 saturated heterocycles. The molecule has 0 spiro atoms. The van der Waals surface area contributed by atoms with Gasteiger partial charge < -0.3 is 22.1 Å². The lowest BCUT2D eigenvalue weighted by molar-refractivity contribution is -0.605. The van der Waals surface area contributed by atoms with E-state index in [-0.39, 0.29) is 17.0 Å². The Morgan fingerprint density at radius 1 is 0.826 bits per heavy atom. The van der Waals surface area contributed by atoms with Crippen molar-refractivity contribution in [2.75, 3.05) is 0 Å². The van der Waals surface area contributed by atoms with Crippen LogP contribution in [0.1, 0.15) is 19.4 Å². The Labute approximate surface area is 150 Å². The molecule has 0 heterocycles. The average Bonchev–Trinajstić information content (AvgIpc) is 2.47. The number of benzene rings is 2. The molecule has 0 aromatic heterocycles. The molecule has 0 bridgehead atoms. The molecule has 0 aliphatic rings. The van der Waals surface area contributed by atoms with E-state index in [1.807, 2.05) is 0 Å². The largest absolute Gasteiger partial charge is 1.00 e.